The van der Waals surface area contributed by atoms with Crippen molar-refractivity contribution in [2.45, 2.75) is 17.7 Å². The summed E-state index contributed by atoms with van der Waals surface area (Å²) in [6.45, 7) is 1.85. The van der Waals surface area contributed by atoms with Gasteiger partial charge in [-0.05, 0) is 36.6 Å². The van der Waals surface area contributed by atoms with Crippen molar-refractivity contribution in [2.75, 3.05) is 30.8 Å². The molecule has 0 aromatic heterocycles. The van der Waals surface area contributed by atoms with Gasteiger partial charge in [-0.1, -0.05) is 30.3 Å². The molecule has 2 aromatic rings. The van der Waals surface area contributed by atoms with Gasteiger partial charge in [0.05, 0.1) is 18.0 Å². The Morgan fingerprint density at radius 2 is 2.00 bits per heavy atom. The van der Waals surface area contributed by atoms with Gasteiger partial charge in [-0.15, -0.1) is 11.8 Å². The zero-order valence-electron chi connectivity index (χ0n) is 14.5. The van der Waals surface area contributed by atoms with E-state index in [2.05, 4.69) is 22.8 Å². The van der Waals surface area contributed by atoms with E-state index >= 15 is 0 Å². The Balaban J connectivity index is 1.34. The fraction of sp³-hybridized carbons (Fsp3) is 0.300. The maximum atomic E-state index is 12.2. The number of rotatable bonds is 8. The molecule has 0 saturated heterocycles. The number of fused-ring (bicyclic) bond motifs is 1. The lowest BCUT2D eigenvalue weighted by Gasteiger charge is -2.16. The molecule has 0 unspecified atom stereocenters. The third-order valence-electron chi connectivity index (χ3n) is 4.00. The van der Waals surface area contributed by atoms with Crippen molar-refractivity contribution in [1.82, 2.24) is 5.32 Å². The normalized spacial score (nSPS) is 13.0. The van der Waals surface area contributed by atoms with E-state index in [9.17, 15) is 9.59 Å². The number of amides is 2. The number of hydrogen-bond acceptors (Lipinski definition) is 4. The number of carbonyl (C=O) groups is 2. The Kier molecular flexibility index (Phi) is 6.68. The van der Waals surface area contributed by atoms with Crippen LogP contribution in [-0.2, 0) is 16.0 Å². The number of ether oxygens (including phenoxy) is 1. The van der Waals surface area contributed by atoms with Crippen LogP contribution in [0.3, 0.4) is 0 Å². The van der Waals surface area contributed by atoms with E-state index in [-0.39, 0.29) is 11.8 Å². The first-order valence-electron chi connectivity index (χ1n) is 8.69. The van der Waals surface area contributed by atoms with Crippen LogP contribution in [0.25, 0.3) is 0 Å². The highest BCUT2D eigenvalue weighted by atomic mass is 32.2. The van der Waals surface area contributed by atoms with E-state index in [4.69, 9.17) is 4.74 Å². The van der Waals surface area contributed by atoms with Gasteiger partial charge in [0.2, 0.25) is 5.91 Å². The molecule has 5 nitrogen and oxygen atoms in total. The number of carbonyl (C=O) groups excluding carboxylic acids is 2. The van der Waals surface area contributed by atoms with Gasteiger partial charge in [0.25, 0.3) is 5.91 Å². The quantitative estimate of drug-likeness (QED) is 0.701. The molecule has 6 heteroatoms. The molecule has 0 atom stereocenters. The van der Waals surface area contributed by atoms with E-state index in [1.807, 2.05) is 24.3 Å². The average Bonchev–Trinajstić information content (AvgIpc) is 2.67. The van der Waals surface area contributed by atoms with Gasteiger partial charge >= 0.3 is 0 Å². The number of benzene rings is 2. The molecule has 0 radical (unpaired) electrons. The second-order valence-corrected chi connectivity index (χ2v) is 7.02. The summed E-state index contributed by atoms with van der Waals surface area (Å²) in [4.78, 5) is 24.7. The summed E-state index contributed by atoms with van der Waals surface area (Å²) >= 11 is 1.48. The third kappa shape index (κ3) is 5.34. The van der Waals surface area contributed by atoms with Crippen LogP contribution >= 0.6 is 11.8 Å². The van der Waals surface area contributed by atoms with E-state index < -0.39 is 0 Å². The van der Waals surface area contributed by atoms with Crippen LogP contribution < -0.4 is 10.6 Å². The largest absolute Gasteiger partial charge is 0.381 e. The summed E-state index contributed by atoms with van der Waals surface area (Å²) < 4.78 is 5.61. The van der Waals surface area contributed by atoms with Crippen LogP contribution in [0.5, 0.6) is 0 Å². The van der Waals surface area contributed by atoms with Gasteiger partial charge in [-0.25, -0.2) is 0 Å². The number of thioether (sulfide) groups is 1. The highest BCUT2D eigenvalue weighted by molar-refractivity contribution is 8.00. The molecule has 1 heterocycles. The molecular weight excluding hydrogens is 348 g/mol. The lowest BCUT2D eigenvalue weighted by molar-refractivity contribution is -0.113. The highest BCUT2D eigenvalue weighted by Crippen LogP contribution is 2.31. The first-order chi connectivity index (χ1) is 12.7. The summed E-state index contributed by atoms with van der Waals surface area (Å²) in [6.07, 6.45) is 1.66. The molecule has 1 aliphatic rings. The smallest absolute Gasteiger partial charge is 0.251 e. The zero-order chi connectivity index (χ0) is 18.2. The number of nitrogens with one attached hydrogen (secondary N) is 2. The van der Waals surface area contributed by atoms with Crippen LogP contribution in [0, 0.1) is 0 Å². The molecule has 0 fully saturated rings. The van der Waals surface area contributed by atoms with Crippen molar-refractivity contribution in [3.05, 3.63) is 59.7 Å². The van der Waals surface area contributed by atoms with E-state index in [1.165, 1.54) is 17.3 Å². The Bertz CT molecular complexity index is 765. The van der Waals surface area contributed by atoms with Crippen molar-refractivity contribution < 1.29 is 14.3 Å². The van der Waals surface area contributed by atoms with Crippen molar-refractivity contribution in [1.29, 1.82) is 0 Å². The summed E-state index contributed by atoms with van der Waals surface area (Å²) in [5.74, 6) is 0.248. The Morgan fingerprint density at radius 1 is 1.15 bits per heavy atom. The minimum absolute atomic E-state index is 0.0345. The molecule has 2 amide bonds. The maximum absolute atomic E-state index is 12.2. The summed E-state index contributed by atoms with van der Waals surface area (Å²) in [5, 5.41) is 5.69. The molecule has 1 aliphatic heterocycles. The average molecular weight is 370 g/mol. The maximum Gasteiger partial charge on any atom is 0.251 e. The van der Waals surface area contributed by atoms with Gasteiger partial charge in [-0.2, -0.15) is 0 Å². The second kappa shape index (κ2) is 9.40. The number of anilines is 1. The van der Waals surface area contributed by atoms with E-state index in [0.29, 0.717) is 36.8 Å². The summed E-state index contributed by atoms with van der Waals surface area (Å²) in [6, 6.07) is 15.6. The predicted octanol–water partition coefficient (Wildman–Crippen LogP) is 3.11. The van der Waals surface area contributed by atoms with Crippen LogP contribution in [0.2, 0.25) is 0 Å². The Labute approximate surface area is 157 Å². The van der Waals surface area contributed by atoms with Gasteiger partial charge in [-0.3, -0.25) is 9.59 Å². The monoisotopic (exact) mass is 370 g/mol. The Hall–Kier alpha value is -2.31. The SMILES string of the molecule is O=C1CSc2ccc(C(=O)NCCCOCCc3ccccc3)cc2N1. The Morgan fingerprint density at radius 3 is 2.85 bits per heavy atom. The summed E-state index contributed by atoms with van der Waals surface area (Å²) in [5.41, 5.74) is 2.53. The molecule has 0 bridgehead atoms. The first-order valence-corrected chi connectivity index (χ1v) is 9.67. The van der Waals surface area contributed by atoms with E-state index in [1.54, 1.807) is 12.1 Å². The molecule has 26 heavy (non-hydrogen) atoms. The molecule has 0 saturated carbocycles. The van der Waals surface area contributed by atoms with Gasteiger partial charge in [0, 0.05) is 23.6 Å². The van der Waals surface area contributed by atoms with Gasteiger partial charge < -0.3 is 15.4 Å². The topological polar surface area (TPSA) is 67.4 Å². The fourth-order valence-electron chi connectivity index (χ4n) is 2.64. The molecular formula is C20H22N2O3S. The van der Waals surface area contributed by atoms with Crippen LogP contribution in [0.4, 0.5) is 5.69 Å². The minimum Gasteiger partial charge on any atom is -0.381 e. The molecule has 136 valence electrons. The van der Waals surface area contributed by atoms with Crippen molar-refractivity contribution in [3.63, 3.8) is 0 Å². The summed E-state index contributed by atoms with van der Waals surface area (Å²) in [7, 11) is 0. The second-order valence-electron chi connectivity index (χ2n) is 6.01. The molecule has 2 aromatic carbocycles. The lowest BCUT2D eigenvalue weighted by atomic mass is 10.2. The van der Waals surface area contributed by atoms with Crippen molar-refractivity contribution >= 4 is 29.3 Å². The van der Waals surface area contributed by atoms with Crippen LogP contribution in [0.15, 0.2) is 53.4 Å². The molecule has 0 aliphatic carbocycles. The van der Waals surface area contributed by atoms with E-state index in [0.717, 1.165) is 17.7 Å². The molecule has 2 N–H and O–H groups in total. The fourth-order valence-corrected chi connectivity index (χ4v) is 3.43. The molecule has 0 spiro atoms. The lowest BCUT2D eigenvalue weighted by Crippen LogP contribution is -2.26. The van der Waals surface area contributed by atoms with Crippen LogP contribution in [-0.4, -0.2) is 37.3 Å². The predicted molar refractivity (Wildman–Crippen MR) is 104 cm³/mol. The zero-order valence-corrected chi connectivity index (χ0v) is 15.3. The number of hydrogen-bond donors (Lipinski definition) is 2. The first kappa shape index (κ1) is 18.5. The highest BCUT2D eigenvalue weighted by Gasteiger charge is 2.17. The minimum atomic E-state index is -0.137. The van der Waals surface area contributed by atoms with Crippen molar-refractivity contribution in [2.24, 2.45) is 0 Å². The van der Waals surface area contributed by atoms with Crippen molar-refractivity contribution in [3.8, 4) is 0 Å². The van der Waals surface area contributed by atoms with Crippen LogP contribution in [0.1, 0.15) is 22.3 Å². The molecule has 3 rings (SSSR count). The standard InChI is InChI=1S/C20H22N2O3S/c23-19-14-26-18-8-7-16(13-17(18)22-19)20(24)21-10-4-11-25-12-9-15-5-2-1-3-6-15/h1-3,5-8,13H,4,9-12,14H2,(H,21,24)(H,22,23). The van der Waals surface area contributed by atoms with Gasteiger partial charge in [0.1, 0.15) is 0 Å². The van der Waals surface area contributed by atoms with Gasteiger partial charge in [0.15, 0.2) is 0 Å². The third-order valence-corrected chi connectivity index (χ3v) is 5.08.